The summed E-state index contributed by atoms with van der Waals surface area (Å²) in [4.78, 5) is 11.9. The first kappa shape index (κ1) is 16.0. The Balaban J connectivity index is 2.28. The Morgan fingerprint density at radius 3 is 2.47 bits per heavy atom. The third-order valence-electron chi connectivity index (χ3n) is 4.23. The van der Waals surface area contributed by atoms with Crippen molar-refractivity contribution in [3.63, 3.8) is 0 Å². The second kappa shape index (κ2) is 8.19. The van der Waals surface area contributed by atoms with E-state index in [1.807, 2.05) is 0 Å². The van der Waals surface area contributed by atoms with Gasteiger partial charge in [0, 0.05) is 6.42 Å². The highest BCUT2D eigenvalue weighted by molar-refractivity contribution is 5.77. The number of hydrogen-bond acceptors (Lipinski definition) is 2. The van der Waals surface area contributed by atoms with Crippen LogP contribution >= 0.6 is 0 Å². The molecule has 1 rings (SSSR count). The standard InChI is InChI=1S/C16H28N2O/c1-3-4-5-6-7-8-15(19)18-16(13-17)11-9-14(2)10-12-16/h14H,3-12H2,1-2H3,(H,18,19). The highest BCUT2D eigenvalue weighted by Gasteiger charge is 2.35. The predicted molar refractivity (Wildman–Crippen MR) is 77.5 cm³/mol. The normalized spacial score (nSPS) is 26.7. The van der Waals surface area contributed by atoms with Crippen LogP contribution in [0.15, 0.2) is 0 Å². The first-order valence-corrected chi connectivity index (χ1v) is 7.84. The minimum Gasteiger partial charge on any atom is -0.338 e. The fourth-order valence-electron chi connectivity index (χ4n) is 2.74. The van der Waals surface area contributed by atoms with E-state index >= 15 is 0 Å². The Morgan fingerprint density at radius 2 is 1.89 bits per heavy atom. The summed E-state index contributed by atoms with van der Waals surface area (Å²) in [6.45, 7) is 4.41. The molecule has 0 aromatic heterocycles. The van der Waals surface area contributed by atoms with Crippen molar-refractivity contribution >= 4 is 5.91 Å². The minimum atomic E-state index is -0.576. The number of amides is 1. The van der Waals surface area contributed by atoms with Crippen molar-refractivity contribution in [2.45, 2.75) is 83.6 Å². The van der Waals surface area contributed by atoms with Crippen LogP contribution in [-0.2, 0) is 4.79 Å². The van der Waals surface area contributed by atoms with Crippen molar-refractivity contribution in [3.8, 4) is 6.07 Å². The predicted octanol–water partition coefficient (Wildman–Crippen LogP) is 3.94. The first-order valence-electron chi connectivity index (χ1n) is 7.84. The topological polar surface area (TPSA) is 52.9 Å². The van der Waals surface area contributed by atoms with Crippen molar-refractivity contribution in [1.82, 2.24) is 5.32 Å². The Morgan fingerprint density at radius 1 is 1.26 bits per heavy atom. The molecule has 0 spiro atoms. The van der Waals surface area contributed by atoms with E-state index in [-0.39, 0.29) is 5.91 Å². The van der Waals surface area contributed by atoms with Gasteiger partial charge in [0.25, 0.3) is 0 Å². The molecule has 0 aromatic carbocycles. The van der Waals surface area contributed by atoms with Gasteiger partial charge in [0.15, 0.2) is 0 Å². The maximum Gasteiger partial charge on any atom is 0.221 e. The molecule has 0 saturated heterocycles. The SMILES string of the molecule is CCCCCCCC(=O)NC1(C#N)CCC(C)CC1. The number of carbonyl (C=O) groups is 1. The van der Waals surface area contributed by atoms with Crippen molar-refractivity contribution < 1.29 is 4.79 Å². The summed E-state index contributed by atoms with van der Waals surface area (Å²) in [6.07, 6.45) is 10.0. The number of nitrogens with one attached hydrogen (secondary N) is 1. The fourth-order valence-corrected chi connectivity index (χ4v) is 2.74. The lowest BCUT2D eigenvalue weighted by atomic mass is 9.78. The average molecular weight is 264 g/mol. The van der Waals surface area contributed by atoms with Gasteiger partial charge in [-0.3, -0.25) is 4.79 Å². The van der Waals surface area contributed by atoms with Gasteiger partial charge in [-0.05, 0) is 38.0 Å². The van der Waals surface area contributed by atoms with Crippen molar-refractivity contribution in [2.24, 2.45) is 5.92 Å². The Labute approximate surface area is 117 Å². The number of nitriles is 1. The number of carbonyl (C=O) groups excluding carboxylic acids is 1. The van der Waals surface area contributed by atoms with Crippen molar-refractivity contribution in [1.29, 1.82) is 5.26 Å². The third kappa shape index (κ3) is 5.63. The number of rotatable bonds is 7. The summed E-state index contributed by atoms with van der Waals surface area (Å²) in [5.41, 5.74) is -0.576. The lowest BCUT2D eigenvalue weighted by Gasteiger charge is -2.34. The number of unbranched alkanes of at least 4 members (excludes halogenated alkanes) is 4. The van der Waals surface area contributed by atoms with Gasteiger partial charge in [0.05, 0.1) is 6.07 Å². The summed E-state index contributed by atoms with van der Waals surface area (Å²) in [7, 11) is 0. The third-order valence-corrected chi connectivity index (χ3v) is 4.23. The maximum absolute atomic E-state index is 11.9. The molecule has 1 aliphatic rings. The summed E-state index contributed by atoms with van der Waals surface area (Å²) in [5, 5.41) is 12.3. The molecule has 1 amide bonds. The molecule has 3 heteroatoms. The molecular weight excluding hydrogens is 236 g/mol. The molecule has 1 N–H and O–H groups in total. The van der Waals surface area contributed by atoms with E-state index in [4.69, 9.17) is 0 Å². The quantitative estimate of drug-likeness (QED) is 0.708. The highest BCUT2D eigenvalue weighted by atomic mass is 16.1. The average Bonchev–Trinajstić information content (AvgIpc) is 2.41. The lowest BCUT2D eigenvalue weighted by molar-refractivity contribution is -0.123. The number of nitrogens with zero attached hydrogens (tertiary/aromatic N) is 1. The van der Waals surface area contributed by atoms with E-state index in [1.54, 1.807) is 0 Å². The molecule has 3 nitrogen and oxygen atoms in total. The van der Waals surface area contributed by atoms with Gasteiger partial charge in [-0.2, -0.15) is 5.26 Å². The molecular formula is C16H28N2O. The molecule has 0 heterocycles. The molecule has 1 saturated carbocycles. The van der Waals surface area contributed by atoms with Gasteiger partial charge in [-0.25, -0.2) is 0 Å². The van der Waals surface area contributed by atoms with Crippen LogP contribution in [0, 0.1) is 17.2 Å². The van der Waals surface area contributed by atoms with Gasteiger partial charge >= 0.3 is 0 Å². The largest absolute Gasteiger partial charge is 0.338 e. The van der Waals surface area contributed by atoms with Gasteiger partial charge in [-0.15, -0.1) is 0 Å². The zero-order chi connectivity index (χ0) is 14.1. The molecule has 0 aliphatic heterocycles. The number of hydrogen-bond donors (Lipinski definition) is 1. The Bertz CT molecular complexity index is 311. The fraction of sp³-hybridized carbons (Fsp3) is 0.875. The van der Waals surface area contributed by atoms with Crippen LogP contribution in [0.5, 0.6) is 0 Å². The maximum atomic E-state index is 11.9. The van der Waals surface area contributed by atoms with Gasteiger partial charge in [-0.1, -0.05) is 39.5 Å². The molecule has 0 radical (unpaired) electrons. The lowest BCUT2D eigenvalue weighted by Crippen LogP contribution is -2.49. The van der Waals surface area contributed by atoms with Crippen LogP contribution in [0.1, 0.15) is 78.1 Å². The van der Waals surface area contributed by atoms with E-state index in [2.05, 4.69) is 25.2 Å². The smallest absolute Gasteiger partial charge is 0.221 e. The highest BCUT2D eigenvalue weighted by Crippen LogP contribution is 2.31. The summed E-state index contributed by atoms with van der Waals surface area (Å²) < 4.78 is 0. The van der Waals surface area contributed by atoms with Crippen LogP contribution < -0.4 is 5.32 Å². The zero-order valence-electron chi connectivity index (χ0n) is 12.5. The van der Waals surface area contributed by atoms with Gasteiger partial charge < -0.3 is 5.32 Å². The second-order valence-electron chi connectivity index (χ2n) is 6.09. The molecule has 0 atom stereocenters. The van der Waals surface area contributed by atoms with E-state index < -0.39 is 5.54 Å². The van der Waals surface area contributed by atoms with E-state index in [0.717, 1.165) is 38.5 Å². The van der Waals surface area contributed by atoms with Crippen LogP contribution in [0.2, 0.25) is 0 Å². The Hall–Kier alpha value is -1.04. The molecule has 1 fully saturated rings. The monoisotopic (exact) mass is 264 g/mol. The molecule has 0 unspecified atom stereocenters. The Kier molecular flexibility index (Phi) is 6.91. The van der Waals surface area contributed by atoms with E-state index in [0.29, 0.717) is 12.3 Å². The van der Waals surface area contributed by atoms with Gasteiger partial charge in [0.2, 0.25) is 5.91 Å². The first-order chi connectivity index (χ1) is 9.12. The van der Waals surface area contributed by atoms with Crippen LogP contribution in [0.3, 0.4) is 0 Å². The van der Waals surface area contributed by atoms with Crippen LogP contribution in [0.4, 0.5) is 0 Å². The molecule has 108 valence electrons. The summed E-state index contributed by atoms with van der Waals surface area (Å²) in [6, 6.07) is 2.35. The van der Waals surface area contributed by atoms with Gasteiger partial charge in [0.1, 0.15) is 5.54 Å². The van der Waals surface area contributed by atoms with Crippen molar-refractivity contribution in [2.75, 3.05) is 0 Å². The summed E-state index contributed by atoms with van der Waals surface area (Å²) >= 11 is 0. The molecule has 19 heavy (non-hydrogen) atoms. The molecule has 1 aliphatic carbocycles. The van der Waals surface area contributed by atoms with E-state index in [9.17, 15) is 10.1 Å². The van der Waals surface area contributed by atoms with Crippen LogP contribution in [-0.4, -0.2) is 11.4 Å². The van der Waals surface area contributed by atoms with Crippen molar-refractivity contribution in [3.05, 3.63) is 0 Å². The second-order valence-corrected chi connectivity index (χ2v) is 6.09. The summed E-state index contributed by atoms with van der Waals surface area (Å²) in [5.74, 6) is 0.750. The zero-order valence-corrected chi connectivity index (χ0v) is 12.5. The van der Waals surface area contributed by atoms with Crippen LogP contribution in [0.25, 0.3) is 0 Å². The molecule has 0 aromatic rings. The van der Waals surface area contributed by atoms with E-state index in [1.165, 1.54) is 19.3 Å². The molecule has 0 bridgehead atoms. The minimum absolute atomic E-state index is 0.0626.